The van der Waals surface area contributed by atoms with E-state index in [1.807, 2.05) is 54.6 Å². The second kappa shape index (κ2) is 6.19. The van der Waals surface area contributed by atoms with Crippen molar-refractivity contribution < 1.29 is 9.84 Å². The van der Waals surface area contributed by atoms with Gasteiger partial charge in [0.15, 0.2) is 0 Å². The first kappa shape index (κ1) is 12.6. The molecule has 2 aromatic carbocycles. The second-order valence-corrected chi connectivity index (χ2v) is 4.21. The molecule has 0 fully saturated rings. The van der Waals surface area contributed by atoms with Gasteiger partial charge in [-0.15, -0.1) is 0 Å². The van der Waals surface area contributed by atoms with Gasteiger partial charge in [-0.1, -0.05) is 30.3 Å². The summed E-state index contributed by atoms with van der Waals surface area (Å²) in [5, 5.41) is 8.94. The van der Waals surface area contributed by atoms with Crippen molar-refractivity contribution in [3.05, 3.63) is 60.2 Å². The van der Waals surface area contributed by atoms with Crippen LogP contribution >= 0.6 is 0 Å². The Hall–Kier alpha value is -1.84. The van der Waals surface area contributed by atoms with E-state index in [9.17, 15) is 0 Å². The van der Waals surface area contributed by atoms with E-state index in [0.29, 0.717) is 6.42 Å². The zero-order valence-corrected chi connectivity index (χ0v) is 10.1. The molecule has 0 amide bonds. The molecule has 1 atom stereocenters. The third kappa shape index (κ3) is 3.58. The molecule has 94 valence electrons. The normalized spacial score (nSPS) is 12.1. The van der Waals surface area contributed by atoms with E-state index in [1.165, 1.54) is 0 Å². The molecular weight excluding hydrogens is 226 g/mol. The fraction of sp³-hybridized carbons (Fsp3) is 0.200. The summed E-state index contributed by atoms with van der Waals surface area (Å²) in [6.07, 6.45) is 0.641. The van der Waals surface area contributed by atoms with Crippen LogP contribution in [0.15, 0.2) is 54.6 Å². The summed E-state index contributed by atoms with van der Waals surface area (Å²) in [6.45, 7) is -0.0101. The van der Waals surface area contributed by atoms with Crippen molar-refractivity contribution in [1.29, 1.82) is 0 Å². The molecule has 0 saturated carbocycles. The Balaban J connectivity index is 2.08. The Morgan fingerprint density at radius 2 is 1.72 bits per heavy atom. The predicted octanol–water partition coefficient (Wildman–Crippen LogP) is 2.34. The lowest BCUT2D eigenvalue weighted by atomic mass is 10.1. The molecule has 0 aliphatic carbocycles. The molecule has 18 heavy (non-hydrogen) atoms. The number of hydrogen-bond donors (Lipinski definition) is 2. The van der Waals surface area contributed by atoms with Gasteiger partial charge in [0.2, 0.25) is 0 Å². The first-order valence-corrected chi connectivity index (χ1v) is 5.96. The highest BCUT2D eigenvalue weighted by Gasteiger charge is 2.04. The molecule has 1 unspecified atom stereocenters. The zero-order valence-electron chi connectivity index (χ0n) is 10.1. The molecule has 0 aliphatic heterocycles. The summed E-state index contributed by atoms with van der Waals surface area (Å²) in [5.74, 6) is 1.59. The van der Waals surface area contributed by atoms with Crippen molar-refractivity contribution in [3.63, 3.8) is 0 Å². The Labute approximate surface area is 107 Å². The summed E-state index contributed by atoms with van der Waals surface area (Å²) in [4.78, 5) is 0. The van der Waals surface area contributed by atoms with Gasteiger partial charge in [-0.05, 0) is 36.2 Å². The SMILES string of the molecule is NC(CO)Cc1cccc(Oc2ccccc2)c1. The van der Waals surface area contributed by atoms with Crippen molar-refractivity contribution in [1.82, 2.24) is 0 Å². The molecule has 0 aromatic heterocycles. The largest absolute Gasteiger partial charge is 0.457 e. The van der Waals surface area contributed by atoms with Gasteiger partial charge < -0.3 is 15.6 Å². The minimum absolute atomic E-state index is 0.0101. The number of aliphatic hydroxyl groups excluding tert-OH is 1. The van der Waals surface area contributed by atoms with Gasteiger partial charge >= 0.3 is 0 Å². The van der Waals surface area contributed by atoms with Crippen molar-refractivity contribution in [2.24, 2.45) is 5.73 Å². The molecule has 2 aromatic rings. The van der Waals surface area contributed by atoms with E-state index in [4.69, 9.17) is 15.6 Å². The number of rotatable bonds is 5. The molecule has 0 aliphatic rings. The van der Waals surface area contributed by atoms with Crippen LogP contribution in [-0.4, -0.2) is 17.8 Å². The number of ether oxygens (including phenoxy) is 1. The van der Waals surface area contributed by atoms with Crippen molar-refractivity contribution in [3.8, 4) is 11.5 Å². The van der Waals surface area contributed by atoms with Crippen LogP contribution in [0.3, 0.4) is 0 Å². The number of benzene rings is 2. The smallest absolute Gasteiger partial charge is 0.127 e. The average Bonchev–Trinajstić information content (AvgIpc) is 2.40. The lowest BCUT2D eigenvalue weighted by molar-refractivity contribution is 0.265. The van der Waals surface area contributed by atoms with Crippen LogP contribution in [-0.2, 0) is 6.42 Å². The van der Waals surface area contributed by atoms with Gasteiger partial charge in [0.05, 0.1) is 6.61 Å². The fourth-order valence-electron chi connectivity index (χ4n) is 1.73. The van der Waals surface area contributed by atoms with Crippen LogP contribution < -0.4 is 10.5 Å². The Morgan fingerprint density at radius 3 is 2.44 bits per heavy atom. The fourth-order valence-corrected chi connectivity index (χ4v) is 1.73. The van der Waals surface area contributed by atoms with E-state index >= 15 is 0 Å². The van der Waals surface area contributed by atoms with Crippen LogP contribution in [0.2, 0.25) is 0 Å². The quantitative estimate of drug-likeness (QED) is 0.847. The van der Waals surface area contributed by atoms with Crippen LogP contribution in [0, 0.1) is 0 Å². The first-order valence-electron chi connectivity index (χ1n) is 5.96. The summed E-state index contributed by atoms with van der Waals surface area (Å²) in [7, 11) is 0. The van der Waals surface area contributed by atoms with Gasteiger partial charge in [0, 0.05) is 6.04 Å². The number of aliphatic hydroxyl groups is 1. The highest BCUT2D eigenvalue weighted by atomic mass is 16.5. The van der Waals surface area contributed by atoms with Crippen LogP contribution in [0.1, 0.15) is 5.56 Å². The van der Waals surface area contributed by atoms with E-state index in [0.717, 1.165) is 17.1 Å². The molecular formula is C15H17NO2. The highest BCUT2D eigenvalue weighted by molar-refractivity contribution is 5.34. The van der Waals surface area contributed by atoms with Crippen LogP contribution in [0.5, 0.6) is 11.5 Å². The third-order valence-electron chi connectivity index (χ3n) is 2.61. The maximum Gasteiger partial charge on any atom is 0.127 e. The Kier molecular flexibility index (Phi) is 4.34. The summed E-state index contributed by atoms with van der Waals surface area (Å²) in [6, 6.07) is 17.2. The zero-order chi connectivity index (χ0) is 12.8. The van der Waals surface area contributed by atoms with E-state index in [1.54, 1.807) is 0 Å². The van der Waals surface area contributed by atoms with Crippen molar-refractivity contribution >= 4 is 0 Å². The third-order valence-corrected chi connectivity index (χ3v) is 2.61. The standard InChI is InChI=1S/C15H17NO2/c16-13(11-17)9-12-5-4-8-15(10-12)18-14-6-2-1-3-7-14/h1-8,10,13,17H,9,11,16H2. The molecule has 0 saturated heterocycles. The maximum atomic E-state index is 8.94. The van der Waals surface area contributed by atoms with Gasteiger partial charge in [-0.3, -0.25) is 0 Å². The molecule has 0 radical (unpaired) electrons. The topological polar surface area (TPSA) is 55.5 Å². The molecule has 2 rings (SSSR count). The Bertz CT molecular complexity index is 485. The average molecular weight is 243 g/mol. The number of para-hydroxylation sites is 1. The number of hydrogen-bond acceptors (Lipinski definition) is 3. The monoisotopic (exact) mass is 243 g/mol. The summed E-state index contributed by atoms with van der Waals surface area (Å²) in [5.41, 5.74) is 6.78. The minimum atomic E-state index is -0.225. The highest BCUT2D eigenvalue weighted by Crippen LogP contribution is 2.22. The minimum Gasteiger partial charge on any atom is -0.457 e. The molecule has 0 spiro atoms. The molecule has 3 heteroatoms. The van der Waals surface area contributed by atoms with Crippen molar-refractivity contribution in [2.45, 2.75) is 12.5 Å². The molecule has 3 N–H and O–H groups in total. The van der Waals surface area contributed by atoms with E-state index in [2.05, 4.69) is 0 Å². The van der Waals surface area contributed by atoms with Crippen molar-refractivity contribution in [2.75, 3.05) is 6.61 Å². The van der Waals surface area contributed by atoms with Crippen LogP contribution in [0.25, 0.3) is 0 Å². The number of nitrogens with two attached hydrogens (primary N) is 1. The maximum absolute atomic E-state index is 8.94. The molecule has 3 nitrogen and oxygen atoms in total. The Morgan fingerprint density at radius 1 is 1.00 bits per heavy atom. The van der Waals surface area contributed by atoms with Gasteiger partial charge in [-0.25, -0.2) is 0 Å². The second-order valence-electron chi connectivity index (χ2n) is 4.21. The lowest BCUT2D eigenvalue weighted by Gasteiger charge is -2.10. The van der Waals surface area contributed by atoms with Gasteiger partial charge in [-0.2, -0.15) is 0 Å². The summed E-state index contributed by atoms with van der Waals surface area (Å²) < 4.78 is 5.73. The van der Waals surface area contributed by atoms with E-state index in [-0.39, 0.29) is 12.6 Å². The van der Waals surface area contributed by atoms with E-state index < -0.39 is 0 Å². The molecule has 0 heterocycles. The summed E-state index contributed by atoms with van der Waals surface area (Å²) >= 11 is 0. The van der Waals surface area contributed by atoms with Gasteiger partial charge in [0.25, 0.3) is 0 Å². The predicted molar refractivity (Wildman–Crippen MR) is 71.7 cm³/mol. The lowest BCUT2D eigenvalue weighted by Crippen LogP contribution is -2.26. The van der Waals surface area contributed by atoms with Gasteiger partial charge in [0.1, 0.15) is 11.5 Å². The van der Waals surface area contributed by atoms with Crippen LogP contribution in [0.4, 0.5) is 0 Å². The molecule has 0 bridgehead atoms. The first-order chi connectivity index (χ1) is 8.78.